The number of pyridine rings is 1. The normalized spacial score (nSPS) is 11.6. The van der Waals surface area contributed by atoms with Crippen molar-refractivity contribution in [2.45, 2.75) is 13.8 Å². The zero-order chi connectivity index (χ0) is 14.6. The second-order valence-electron chi connectivity index (χ2n) is 5.46. The van der Waals surface area contributed by atoms with Gasteiger partial charge in [-0.05, 0) is 49.1 Å². The molecule has 0 fully saturated rings. The lowest BCUT2D eigenvalue weighted by Gasteiger charge is -2.06. The van der Waals surface area contributed by atoms with Gasteiger partial charge in [0.15, 0.2) is 0 Å². The van der Waals surface area contributed by atoms with Crippen LogP contribution in [0.2, 0.25) is 0 Å². The summed E-state index contributed by atoms with van der Waals surface area (Å²) in [6.45, 7) is 4.25. The molecule has 1 N–H and O–H groups in total. The monoisotopic (exact) mass is 276 g/mol. The van der Waals surface area contributed by atoms with E-state index in [0.717, 1.165) is 16.8 Å². The van der Waals surface area contributed by atoms with Gasteiger partial charge in [-0.15, -0.1) is 0 Å². The number of H-pyrrole nitrogens is 1. The Morgan fingerprint density at radius 2 is 1.81 bits per heavy atom. The molecule has 0 aliphatic heterocycles. The van der Waals surface area contributed by atoms with Crippen molar-refractivity contribution in [2.75, 3.05) is 7.11 Å². The molecule has 0 amide bonds. The fourth-order valence-electron chi connectivity index (χ4n) is 3.10. The maximum absolute atomic E-state index is 5.30. The number of nitrogens with zero attached hydrogens (tertiary/aromatic N) is 1. The van der Waals surface area contributed by atoms with E-state index in [4.69, 9.17) is 9.72 Å². The van der Waals surface area contributed by atoms with Crippen LogP contribution in [0.1, 0.15) is 11.3 Å². The lowest BCUT2D eigenvalue weighted by molar-refractivity contribution is 0.415. The Balaban J connectivity index is 2.22. The fraction of sp³-hybridized carbons (Fsp3) is 0.167. The fourth-order valence-corrected chi connectivity index (χ4v) is 3.10. The van der Waals surface area contributed by atoms with Gasteiger partial charge >= 0.3 is 0 Å². The number of rotatable bonds is 1. The summed E-state index contributed by atoms with van der Waals surface area (Å²) in [7, 11) is 1.68. The maximum Gasteiger partial charge on any atom is 0.121 e. The zero-order valence-electron chi connectivity index (χ0n) is 12.3. The number of fused-ring (bicyclic) bond motifs is 4. The van der Waals surface area contributed by atoms with Crippen LogP contribution in [0.25, 0.3) is 32.6 Å². The minimum atomic E-state index is 0.844. The van der Waals surface area contributed by atoms with Crippen LogP contribution in [-0.4, -0.2) is 17.1 Å². The van der Waals surface area contributed by atoms with Crippen LogP contribution in [0.15, 0.2) is 36.5 Å². The molecule has 0 spiro atoms. The third kappa shape index (κ3) is 1.64. The molecule has 2 heterocycles. The van der Waals surface area contributed by atoms with Gasteiger partial charge in [-0.25, -0.2) is 4.98 Å². The summed E-state index contributed by atoms with van der Waals surface area (Å²) in [4.78, 5) is 8.10. The van der Waals surface area contributed by atoms with E-state index in [9.17, 15) is 0 Å². The Bertz CT molecular complexity index is 999. The van der Waals surface area contributed by atoms with Gasteiger partial charge < -0.3 is 9.72 Å². The van der Waals surface area contributed by atoms with E-state index in [0.29, 0.717) is 0 Å². The Morgan fingerprint density at radius 1 is 0.952 bits per heavy atom. The lowest BCUT2D eigenvalue weighted by atomic mass is 10.0. The molecule has 0 bridgehead atoms. The molecule has 3 heteroatoms. The highest BCUT2D eigenvalue weighted by molar-refractivity contribution is 6.14. The number of aryl methyl sites for hydroxylation is 2. The van der Waals surface area contributed by atoms with Crippen LogP contribution in [-0.2, 0) is 0 Å². The Hall–Kier alpha value is -2.55. The van der Waals surface area contributed by atoms with Crippen molar-refractivity contribution >= 4 is 32.6 Å². The second-order valence-corrected chi connectivity index (χ2v) is 5.46. The first-order valence-corrected chi connectivity index (χ1v) is 7.04. The van der Waals surface area contributed by atoms with Gasteiger partial charge in [0.2, 0.25) is 0 Å². The molecule has 0 unspecified atom stereocenters. The summed E-state index contributed by atoms with van der Waals surface area (Å²) in [5.74, 6) is 0.844. The first-order valence-electron chi connectivity index (χ1n) is 7.04. The number of nitrogens with one attached hydrogen (secondary N) is 1. The first-order chi connectivity index (χ1) is 10.2. The predicted molar refractivity (Wildman–Crippen MR) is 87.1 cm³/mol. The van der Waals surface area contributed by atoms with Gasteiger partial charge in [0.25, 0.3) is 0 Å². The minimum absolute atomic E-state index is 0.844. The van der Waals surface area contributed by atoms with Crippen molar-refractivity contribution in [1.82, 2.24) is 9.97 Å². The molecule has 104 valence electrons. The van der Waals surface area contributed by atoms with Crippen molar-refractivity contribution in [2.24, 2.45) is 0 Å². The van der Waals surface area contributed by atoms with Gasteiger partial charge in [-0.3, -0.25) is 0 Å². The summed E-state index contributed by atoms with van der Waals surface area (Å²) in [5.41, 5.74) is 4.48. The van der Waals surface area contributed by atoms with Crippen LogP contribution in [0.5, 0.6) is 5.75 Å². The zero-order valence-corrected chi connectivity index (χ0v) is 12.3. The SMILES string of the molecule is COc1ccc2c(c1)nc1c(C)c3cc[nH]c(C)c3cc12. The lowest BCUT2D eigenvalue weighted by Crippen LogP contribution is -1.87. The number of aromatic amines is 1. The number of benzene rings is 2. The summed E-state index contributed by atoms with van der Waals surface area (Å²) in [6, 6.07) is 10.4. The summed E-state index contributed by atoms with van der Waals surface area (Å²) in [5, 5.41) is 4.90. The van der Waals surface area contributed by atoms with E-state index >= 15 is 0 Å². The molecular formula is C18H16N2O. The van der Waals surface area contributed by atoms with E-state index in [-0.39, 0.29) is 0 Å². The minimum Gasteiger partial charge on any atom is -0.497 e. The molecule has 0 saturated carbocycles. The number of methoxy groups -OCH3 is 1. The van der Waals surface area contributed by atoms with Crippen molar-refractivity contribution in [3.63, 3.8) is 0 Å². The molecule has 21 heavy (non-hydrogen) atoms. The van der Waals surface area contributed by atoms with Crippen LogP contribution in [0.4, 0.5) is 0 Å². The van der Waals surface area contributed by atoms with E-state index in [1.54, 1.807) is 7.11 Å². The van der Waals surface area contributed by atoms with Gasteiger partial charge in [0, 0.05) is 34.1 Å². The summed E-state index contributed by atoms with van der Waals surface area (Å²) < 4.78 is 5.30. The molecular weight excluding hydrogens is 260 g/mol. The third-order valence-electron chi connectivity index (χ3n) is 4.27. The molecule has 2 aromatic carbocycles. The summed E-state index contributed by atoms with van der Waals surface area (Å²) >= 11 is 0. The molecule has 2 aromatic heterocycles. The Morgan fingerprint density at radius 3 is 2.62 bits per heavy atom. The quantitative estimate of drug-likeness (QED) is 0.556. The van der Waals surface area contributed by atoms with Crippen molar-refractivity contribution in [1.29, 1.82) is 0 Å². The number of hydrogen-bond donors (Lipinski definition) is 1. The van der Waals surface area contributed by atoms with Crippen LogP contribution in [0.3, 0.4) is 0 Å². The van der Waals surface area contributed by atoms with E-state index in [1.165, 1.54) is 32.8 Å². The van der Waals surface area contributed by atoms with Crippen LogP contribution >= 0.6 is 0 Å². The Kier molecular flexibility index (Phi) is 2.45. The van der Waals surface area contributed by atoms with E-state index in [2.05, 4.69) is 37.0 Å². The molecule has 0 atom stereocenters. The molecule has 0 saturated heterocycles. The van der Waals surface area contributed by atoms with E-state index in [1.807, 2.05) is 18.3 Å². The van der Waals surface area contributed by atoms with Crippen LogP contribution < -0.4 is 4.74 Å². The Labute approximate surface area is 122 Å². The van der Waals surface area contributed by atoms with Crippen LogP contribution in [0, 0.1) is 13.8 Å². The van der Waals surface area contributed by atoms with Crippen molar-refractivity contribution in [3.05, 3.63) is 47.8 Å². The van der Waals surface area contributed by atoms with Gasteiger partial charge in [-0.2, -0.15) is 0 Å². The highest BCUT2D eigenvalue weighted by atomic mass is 16.5. The third-order valence-corrected chi connectivity index (χ3v) is 4.27. The molecule has 4 aromatic rings. The topological polar surface area (TPSA) is 37.9 Å². The number of aromatic nitrogens is 2. The average Bonchev–Trinajstić information content (AvgIpc) is 2.87. The highest BCUT2D eigenvalue weighted by Crippen LogP contribution is 2.34. The van der Waals surface area contributed by atoms with Gasteiger partial charge in [-0.1, -0.05) is 0 Å². The second kappa shape index (κ2) is 4.22. The number of ether oxygens (including phenoxy) is 1. The molecule has 0 aliphatic carbocycles. The average molecular weight is 276 g/mol. The molecule has 0 aliphatic rings. The standard InChI is InChI=1S/C18H16N2O/c1-10-13-6-7-19-11(2)15(13)9-16-14-5-4-12(21-3)8-17(14)20-18(10)16/h4-9,19H,1-3H3. The van der Waals surface area contributed by atoms with Gasteiger partial charge in [0.1, 0.15) is 5.75 Å². The molecule has 4 rings (SSSR count). The van der Waals surface area contributed by atoms with Crippen molar-refractivity contribution < 1.29 is 4.74 Å². The van der Waals surface area contributed by atoms with E-state index < -0.39 is 0 Å². The largest absolute Gasteiger partial charge is 0.497 e. The molecule has 0 radical (unpaired) electrons. The predicted octanol–water partition coefficient (Wildman–Crippen LogP) is 4.49. The molecule has 3 nitrogen and oxygen atoms in total. The van der Waals surface area contributed by atoms with Crippen molar-refractivity contribution in [3.8, 4) is 5.75 Å². The highest BCUT2D eigenvalue weighted by Gasteiger charge is 2.12. The first kappa shape index (κ1) is 12.2. The van der Waals surface area contributed by atoms with Gasteiger partial charge in [0.05, 0.1) is 18.1 Å². The maximum atomic E-state index is 5.30. The number of hydrogen-bond acceptors (Lipinski definition) is 2. The summed E-state index contributed by atoms with van der Waals surface area (Å²) in [6.07, 6.45) is 1.99. The smallest absolute Gasteiger partial charge is 0.121 e.